The molecule has 3 heterocycles. The van der Waals surface area contributed by atoms with Gasteiger partial charge in [0, 0.05) is 30.1 Å². The quantitative estimate of drug-likeness (QED) is 0.429. The monoisotopic (exact) mass is 474 g/mol. The number of sulfone groups is 1. The number of carbonyl (C=O) groups is 1. The SMILES string of the molecule is CC(C)n1ncc2c(C(=O)N3CCCc4cc(S(C)(=O)=O)ccc43)cc(-c3ccccc3)nc21. The minimum absolute atomic E-state index is 0.0871. The number of aromatic nitrogens is 3. The van der Waals surface area contributed by atoms with E-state index in [-0.39, 0.29) is 16.8 Å². The van der Waals surface area contributed by atoms with E-state index in [1.807, 2.05) is 54.9 Å². The molecule has 0 spiro atoms. The van der Waals surface area contributed by atoms with E-state index in [2.05, 4.69) is 5.10 Å². The number of amides is 1. The van der Waals surface area contributed by atoms with E-state index in [1.54, 1.807) is 29.3 Å². The molecule has 4 aromatic rings. The lowest BCUT2D eigenvalue weighted by molar-refractivity contribution is 0.0986. The Morgan fingerprint density at radius 1 is 1.06 bits per heavy atom. The maximum Gasteiger partial charge on any atom is 0.259 e. The maximum absolute atomic E-state index is 14.0. The molecule has 0 saturated carbocycles. The number of fused-ring (bicyclic) bond motifs is 2. The molecule has 2 aromatic carbocycles. The van der Waals surface area contributed by atoms with Crippen molar-refractivity contribution in [2.75, 3.05) is 17.7 Å². The average molecular weight is 475 g/mol. The van der Waals surface area contributed by atoms with Gasteiger partial charge in [-0.05, 0) is 56.5 Å². The van der Waals surface area contributed by atoms with Crippen LogP contribution in [-0.2, 0) is 16.3 Å². The third-order valence-electron chi connectivity index (χ3n) is 6.20. The fraction of sp³-hybridized carbons (Fsp3) is 0.269. The summed E-state index contributed by atoms with van der Waals surface area (Å²) in [6, 6.07) is 16.7. The van der Waals surface area contributed by atoms with Crippen LogP contribution in [0.5, 0.6) is 0 Å². The molecule has 1 aliphatic rings. The number of carbonyl (C=O) groups excluding carboxylic acids is 1. The molecule has 5 rings (SSSR count). The summed E-state index contributed by atoms with van der Waals surface area (Å²) in [5, 5.41) is 5.22. The van der Waals surface area contributed by atoms with Crippen LogP contribution in [0, 0.1) is 0 Å². The number of hydrogen-bond donors (Lipinski definition) is 0. The maximum atomic E-state index is 14.0. The van der Waals surface area contributed by atoms with Crippen molar-refractivity contribution in [1.29, 1.82) is 0 Å². The predicted octanol–water partition coefficient (Wildman–Crippen LogP) is 4.68. The first kappa shape index (κ1) is 22.3. The second-order valence-corrected chi connectivity index (χ2v) is 11.0. The molecule has 0 N–H and O–H groups in total. The van der Waals surface area contributed by atoms with Crippen LogP contribution < -0.4 is 4.90 Å². The van der Waals surface area contributed by atoms with Gasteiger partial charge in [-0.1, -0.05) is 30.3 Å². The first-order valence-corrected chi connectivity index (χ1v) is 13.2. The molecule has 0 radical (unpaired) electrons. The molecule has 2 aromatic heterocycles. The molecule has 0 saturated heterocycles. The van der Waals surface area contributed by atoms with Crippen LogP contribution in [0.25, 0.3) is 22.3 Å². The normalized spacial score (nSPS) is 13.9. The van der Waals surface area contributed by atoms with Crippen molar-refractivity contribution in [3.05, 3.63) is 71.9 Å². The summed E-state index contributed by atoms with van der Waals surface area (Å²) in [6.45, 7) is 4.63. The van der Waals surface area contributed by atoms with E-state index >= 15 is 0 Å². The van der Waals surface area contributed by atoms with E-state index in [0.717, 1.165) is 29.7 Å². The third kappa shape index (κ3) is 3.88. The van der Waals surface area contributed by atoms with Gasteiger partial charge in [0.2, 0.25) is 0 Å². The minimum atomic E-state index is -3.32. The summed E-state index contributed by atoms with van der Waals surface area (Å²) in [6.07, 6.45) is 4.40. The number of nitrogens with zero attached hydrogens (tertiary/aromatic N) is 4. The standard InChI is InChI=1S/C26H26N4O3S/c1-17(2)30-25-22(16-27-30)21(15-23(28-25)18-8-5-4-6-9-18)26(31)29-13-7-10-19-14-20(34(3,32)33)11-12-24(19)29/h4-6,8-9,11-12,14-17H,7,10,13H2,1-3H3. The number of anilines is 1. The van der Waals surface area contributed by atoms with Gasteiger partial charge in [0.15, 0.2) is 15.5 Å². The largest absolute Gasteiger partial charge is 0.308 e. The zero-order valence-corrected chi connectivity index (χ0v) is 20.2. The number of aryl methyl sites for hydroxylation is 1. The molecule has 0 atom stereocenters. The van der Waals surface area contributed by atoms with Crippen LogP contribution in [0.2, 0.25) is 0 Å². The fourth-order valence-corrected chi connectivity index (χ4v) is 5.16. The van der Waals surface area contributed by atoms with Gasteiger partial charge in [-0.3, -0.25) is 4.79 Å². The minimum Gasteiger partial charge on any atom is -0.308 e. The van der Waals surface area contributed by atoms with Crippen molar-refractivity contribution in [2.45, 2.75) is 37.6 Å². The number of rotatable bonds is 4. The van der Waals surface area contributed by atoms with Crippen LogP contribution in [0.3, 0.4) is 0 Å². The van der Waals surface area contributed by atoms with Crippen molar-refractivity contribution in [3.8, 4) is 11.3 Å². The molecule has 7 nitrogen and oxygen atoms in total. The highest BCUT2D eigenvalue weighted by Gasteiger charge is 2.28. The molecular weight excluding hydrogens is 448 g/mol. The van der Waals surface area contributed by atoms with Crippen molar-refractivity contribution in [2.24, 2.45) is 0 Å². The Hall–Kier alpha value is -3.52. The Morgan fingerprint density at radius 3 is 2.53 bits per heavy atom. The molecule has 0 unspecified atom stereocenters. The molecule has 1 aliphatic heterocycles. The molecule has 8 heteroatoms. The van der Waals surface area contributed by atoms with Crippen LogP contribution in [0.15, 0.2) is 65.7 Å². The third-order valence-corrected chi connectivity index (χ3v) is 7.31. The van der Waals surface area contributed by atoms with Crippen LogP contribution in [0.1, 0.15) is 42.2 Å². The molecule has 0 fully saturated rings. The lowest BCUT2D eigenvalue weighted by Crippen LogP contribution is -2.35. The second-order valence-electron chi connectivity index (χ2n) is 8.96. The first-order valence-electron chi connectivity index (χ1n) is 11.3. The molecule has 34 heavy (non-hydrogen) atoms. The highest BCUT2D eigenvalue weighted by Crippen LogP contribution is 2.33. The summed E-state index contributed by atoms with van der Waals surface area (Å²) in [4.78, 5) is 20.9. The van der Waals surface area contributed by atoms with Crippen molar-refractivity contribution < 1.29 is 13.2 Å². The molecule has 0 bridgehead atoms. The Labute approximate surface area is 199 Å². The van der Waals surface area contributed by atoms with Crippen LogP contribution >= 0.6 is 0 Å². The van der Waals surface area contributed by atoms with Gasteiger partial charge < -0.3 is 4.90 Å². The summed E-state index contributed by atoms with van der Waals surface area (Å²) < 4.78 is 25.9. The lowest BCUT2D eigenvalue weighted by Gasteiger charge is -2.30. The van der Waals surface area contributed by atoms with Crippen molar-refractivity contribution in [1.82, 2.24) is 14.8 Å². The van der Waals surface area contributed by atoms with Crippen molar-refractivity contribution in [3.63, 3.8) is 0 Å². The van der Waals surface area contributed by atoms with Gasteiger partial charge in [-0.25, -0.2) is 18.1 Å². The van der Waals surface area contributed by atoms with E-state index in [9.17, 15) is 13.2 Å². The molecule has 174 valence electrons. The fourth-order valence-electron chi connectivity index (χ4n) is 4.49. The predicted molar refractivity (Wildman–Crippen MR) is 133 cm³/mol. The summed E-state index contributed by atoms with van der Waals surface area (Å²) in [5.41, 5.74) is 4.47. The van der Waals surface area contributed by atoms with E-state index in [4.69, 9.17) is 4.98 Å². The summed E-state index contributed by atoms with van der Waals surface area (Å²) in [5.74, 6) is -0.138. The van der Waals surface area contributed by atoms with E-state index in [0.29, 0.717) is 28.8 Å². The van der Waals surface area contributed by atoms with Crippen LogP contribution in [0.4, 0.5) is 5.69 Å². The summed E-state index contributed by atoms with van der Waals surface area (Å²) >= 11 is 0. The Morgan fingerprint density at radius 2 is 1.82 bits per heavy atom. The van der Waals surface area contributed by atoms with Gasteiger partial charge in [-0.2, -0.15) is 5.10 Å². The average Bonchev–Trinajstić information content (AvgIpc) is 3.27. The Balaban J connectivity index is 1.66. The van der Waals surface area contributed by atoms with Crippen LogP contribution in [-0.4, -0.2) is 41.9 Å². The summed E-state index contributed by atoms with van der Waals surface area (Å²) in [7, 11) is -3.32. The topological polar surface area (TPSA) is 85.2 Å². The number of hydrogen-bond acceptors (Lipinski definition) is 5. The zero-order chi connectivity index (χ0) is 24.0. The van der Waals surface area contributed by atoms with Gasteiger partial charge in [0.25, 0.3) is 5.91 Å². The Kier molecular flexibility index (Phi) is 5.48. The smallest absolute Gasteiger partial charge is 0.259 e. The molecular formula is C26H26N4O3S. The van der Waals surface area contributed by atoms with Gasteiger partial charge >= 0.3 is 0 Å². The zero-order valence-electron chi connectivity index (χ0n) is 19.4. The van der Waals surface area contributed by atoms with Crippen molar-refractivity contribution >= 4 is 32.5 Å². The molecule has 0 aliphatic carbocycles. The van der Waals surface area contributed by atoms with Gasteiger partial charge in [-0.15, -0.1) is 0 Å². The van der Waals surface area contributed by atoms with Gasteiger partial charge in [0.05, 0.1) is 27.7 Å². The highest BCUT2D eigenvalue weighted by molar-refractivity contribution is 7.90. The number of benzene rings is 2. The first-order chi connectivity index (χ1) is 16.2. The number of pyridine rings is 1. The van der Waals surface area contributed by atoms with E-state index in [1.165, 1.54) is 6.26 Å². The van der Waals surface area contributed by atoms with E-state index < -0.39 is 9.84 Å². The lowest BCUT2D eigenvalue weighted by atomic mass is 9.99. The second kappa shape index (κ2) is 8.36. The highest BCUT2D eigenvalue weighted by atomic mass is 32.2. The molecule has 1 amide bonds. The van der Waals surface area contributed by atoms with Gasteiger partial charge in [0.1, 0.15) is 0 Å². The Bertz CT molecular complexity index is 1510.